The predicted molar refractivity (Wildman–Crippen MR) is 79.7 cm³/mol. The van der Waals surface area contributed by atoms with Crippen molar-refractivity contribution in [3.63, 3.8) is 0 Å². The minimum Gasteiger partial charge on any atom is -0.497 e. The largest absolute Gasteiger partial charge is 0.497 e. The average molecular weight is 276 g/mol. The standard InChI is InChI=1S/C16H24N2O2/c1-20-15-7-5-6-14(12-15)13-17-9-8-16(19)18-10-3-2-4-11-18/h5-7,12,17H,2-4,8-11,13H2,1H3. The van der Waals surface area contributed by atoms with E-state index in [-0.39, 0.29) is 5.91 Å². The van der Waals surface area contributed by atoms with Crippen molar-refractivity contribution in [3.8, 4) is 5.75 Å². The molecule has 110 valence electrons. The molecule has 1 aromatic rings. The number of hydrogen-bond acceptors (Lipinski definition) is 3. The number of benzene rings is 1. The fraction of sp³-hybridized carbons (Fsp3) is 0.562. The summed E-state index contributed by atoms with van der Waals surface area (Å²) < 4.78 is 5.19. The lowest BCUT2D eigenvalue weighted by molar-refractivity contribution is -0.131. The summed E-state index contributed by atoms with van der Waals surface area (Å²) in [5.74, 6) is 1.15. The Labute approximate surface area is 121 Å². The lowest BCUT2D eigenvalue weighted by atomic mass is 10.1. The molecular weight excluding hydrogens is 252 g/mol. The first-order valence-corrected chi connectivity index (χ1v) is 7.41. The second kappa shape index (κ2) is 7.90. The van der Waals surface area contributed by atoms with Gasteiger partial charge in [-0.1, -0.05) is 12.1 Å². The summed E-state index contributed by atoms with van der Waals surface area (Å²) >= 11 is 0. The number of rotatable bonds is 6. The first-order valence-electron chi connectivity index (χ1n) is 7.41. The molecule has 0 atom stereocenters. The van der Waals surface area contributed by atoms with Gasteiger partial charge in [0.05, 0.1) is 7.11 Å². The van der Waals surface area contributed by atoms with E-state index in [4.69, 9.17) is 4.74 Å². The van der Waals surface area contributed by atoms with Crippen molar-refractivity contribution >= 4 is 5.91 Å². The summed E-state index contributed by atoms with van der Waals surface area (Å²) in [5, 5.41) is 3.32. The van der Waals surface area contributed by atoms with Crippen molar-refractivity contribution in [2.24, 2.45) is 0 Å². The van der Waals surface area contributed by atoms with E-state index in [1.54, 1.807) is 7.11 Å². The van der Waals surface area contributed by atoms with E-state index in [0.717, 1.165) is 44.8 Å². The van der Waals surface area contributed by atoms with Crippen LogP contribution >= 0.6 is 0 Å². The van der Waals surface area contributed by atoms with Crippen molar-refractivity contribution in [1.29, 1.82) is 0 Å². The summed E-state index contributed by atoms with van der Waals surface area (Å²) in [6.07, 6.45) is 4.16. The lowest BCUT2D eigenvalue weighted by Crippen LogP contribution is -2.37. The zero-order valence-corrected chi connectivity index (χ0v) is 12.2. The molecule has 0 spiro atoms. The molecule has 4 nitrogen and oxygen atoms in total. The molecule has 1 aliphatic rings. The second-order valence-corrected chi connectivity index (χ2v) is 5.22. The van der Waals surface area contributed by atoms with Crippen LogP contribution in [0.15, 0.2) is 24.3 Å². The molecular formula is C16H24N2O2. The van der Waals surface area contributed by atoms with E-state index in [1.165, 1.54) is 12.0 Å². The lowest BCUT2D eigenvalue weighted by Gasteiger charge is -2.26. The monoisotopic (exact) mass is 276 g/mol. The van der Waals surface area contributed by atoms with Crippen LogP contribution in [0.1, 0.15) is 31.2 Å². The second-order valence-electron chi connectivity index (χ2n) is 5.22. The van der Waals surface area contributed by atoms with E-state index in [9.17, 15) is 4.79 Å². The molecule has 0 saturated carbocycles. The van der Waals surface area contributed by atoms with Gasteiger partial charge in [0.15, 0.2) is 0 Å². The number of ether oxygens (including phenoxy) is 1. The van der Waals surface area contributed by atoms with Crippen LogP contribution in [0.4, 0.5) is 0 Å². The van der Waals surface area contributed by atoms with E-state index >= 15 is 0 Å². The van der Waals surface area contributed by atoms with E-state index < -0.39 is 0 Å². The highest BCUT2D eigenvalue weighted by atomic mass is 16.5. The van der Waals surface area contributed by atoms with Crippen molar-refractivity contribution in [3.05, 3.63) is 29.8 Å². The Morgan fingerprint density at radius 1 is 1.30 bits per heavy atom. The van der Waals surface area contributed by atoms with Gasteiger partial charge in [-0.2, -0.15) is 0 Å². The van der Waals surface area contributed by atoms with Crippen LogP contribution in [0.5, 0.6) is 5.75 Å². The fourth-order valence-corrected chi connectivity index (χ4v) is 2.51. The number of carbonyl (C=O) groups excluding carboxylic acids is 1. The third kappa shape index (κ3) is 4.53. The van der Waals surface area contributed by atoms with Crippen LogP contribution in [0.25, 0.3) is 0 Å². The molecule has 0 aliphatic carbocycles. The fourth-order valence-electron chi connectivity index (χ4n) is 2.51. The Balaban J connectivity index is 1.66. The molecule has 1 fully saturated rings. The third-order valence-electron chi connectivity index (χ3n) is 3.69. The SMILES string of the molecule is COc1cccc(CNCCC(=O)N2CCCCC2)c1. The van der Waals surface area contributed by atoms with Crippen molar-refractivity contribution in [2.75, 3.05) is 26.7 Å². The molecule has 2 rings (SSSR count). The number of carbonyl (C=O) groups is 1. The Morgan fingerprint density at radius 3 is 2.85 bits per heavy atom. The smallest absolute Gasteiger partial charge is 0.223 e. The Hall–Kier alpha value is -1.55. The van der Waals surface area contributed by atoms with E-state index in [0.29, 0.717) is 6.42 Å². The Bertz CT molecular complexity index is 428. The summed E-state index contributed by atoms with van der Waals surface area (Å²) in [6.45, 7) is 3.38. The quantitative estimate of drug-likeness (QED) is 0.810. The first-order chi connectivity index (χ1) is 9.79. The van der Waals surface area contributed by atoms with Gasteiger partial charge < -0.3 is 15.0 Å². The van der Waals surface area contributed by atoms with Gasteiger partial charge in [0.1, 0.15) is 5.75 Å². The molecule has 1 N–H and O–H groups in total. The minimum absolute atomic E-state index is 0.280. The van der Waals surface area contributed by atoms with Gasteiger partial charge in [0, 0.05) is 32.6 Å². The van der Waals surface area contributed by atoms with Gasteiger partial charge in [0.25, 0.3) is 0 Å². The highest BCUT2D eigenvalue weighted by Gasteiger charge is 2.15. The number of nitrogens with zero attached hydrogens (tertiary/aromatic N) is 1. The molecule has 1 saturated heterocycles. The topological polar surface area (TPSA) is 41.6 Å². The summed E-state index contributed by atoms with van der Waals surface area (Å²) in [5.41, 5.74) is 1.18. The maximum Gasteiger partial charge on any atom is 0.223 e. The van der Waals surface area contributed by atoms with Gasteiger partial charge in [-0.05, 0) is 37.0 Å². The molecule has 0 aromatic heterocycles. The maximum atomic E-state index is 12.0. The predicted octanol–water partition coefficient (Wildman–Crippen LogP) is 2.19. The van der Waals surface area contributed by atoms with Gasteiger partial charge in [-0.15, -0.1) is 0 Å². The Kier molecular flexibility index (Phi) is 5.87. The van der Waals surface area contributed by atoms with Gasteiger partial charge >= 0.3 is 0 Å². The van der Waals surface area contributed by atoms with Crippen LogP contribution < -0.4 is 10.1 Å². The highest BCUT2D eigenvalue weighted by molar-refractivity contribution is 5.76. The van der Waals surface area contributed by atoms with Crippen molar-refractivity contribution in [1.82, 2.24) is 10.2 Å². The minimum atomic E-state index is 0.280. The summed E-state index contributed by atoms with van der Waals surface area (Å²) in [4.78, 5) is 14.0. The first kappa shape index (κ1) is 14.9. The Morgan fingerprint density at radius 2 is 2.10 bits per heavy atom. The molecule has 20 heavy (non-hydrogen) atoms. The molecule has 0 bridgehead atoms. The molecule has 4 heteroatoms. The zero-order chi connectivity index (χ0) is 14.2. The molecule has 0 radical (unpaired) electrons. The normalized spacial score (nSPS) is 15.2. The van der Waals surface area contributed by atoms with Crippen LogP contribution in [0.2, 0.25) is 0 Å². The summed E-state index contributed by atoms with van der Waals surface area (Å²) in [6, 6.07) is 7.99. The number of likely N-dealkylation sites (tertiary alicyclic amines) is 1. The van der Waals surface area contributed by atoms with E-state index in [1.807, 2.05) is 23.1 Å². The van der Waals surface area contributed by atoms with Gasteiger partial charge in [-0.25, -0.2) is 0 Å². The number of amides is 1. The molecule has 1 amide bonds. The van der Waals surface area contributed by atoms with Crippen LogP contribution in [0.3, 0.4) is 0 Å². The van der Waals surface area contributed by atoms with Crippen molar-refractivity contribution in [2.45, 2.75) is 32.2 Å². The average Bonchev–Trinajstić information content (AvgIpc) is 2.52. The highest BCUT2D eigenvalue weighted by Crippen LogP contribution is 2.12. The van der Waals surface area contributed by atoms with Crippen LogP contribution in [-0.4, -0.2) is 37.6 Å². The van der Waals surface area contributed by atoms with Crippen LogP contribution in [0, 0.1) is 0 Å². The van der Waals surface area contributed by atoms with Crippen molar-refractivity contribution < 1.29 is 9.53 Å². The molecule has 1 aliphatic heterocycles. The molecule has 0 unspecified atom stereocenters. The summed E-state index contributed by atoms with van der Waals surface area (Å²) in [7, 11) is 1.67. The molecule has 1 heterocycles. The van der Waals surface area contributed by atoms with Gasteiger partial charge in [0.2, 0.25) is 5.91 Å². The van der Waals surface area contributed by atoms with E-state index in [2.05, 4.69) is 11.4 Å². The number of piperidine rings is 1. The number of hydrogen-bond donors (Lipinski definition) is 1. The van der Waals surface area contributed by atoms with Crippen LogP contribution in [-0.2, 0) is 11.3 Å². The maximum absolute atomic E-state index is 12.0. The number of methoxy groups -OCH3 is 1. The molecule has 1 aromatic carbocycles. The number of nitrogens with one attached hydrogen (secondary N) is 1. The third-order valence-corrected chi connectivity index (χ3v) is 3.69. The zero-order valence-electron chi connectivity index (χ0n) is 12.2. The van der Waals surface area contributed by atoms with Gasteiger partial charge in [-0.3, -0.25) is 4.79 Å².